The summed E-state index contributed by atoms with van der Waals surface area (Å²) in [6, 6.07) is 9.65. The van der Waals surface area contributed by atoms with Gasteiger partial charge in [0.2, 0.25) is 0 Å². The molecule has 0 spiro atoms. The Morgan fingerprint density at radius 3 is 2.65 bits per heavy atom. The zero-order valence-corrected chi connectivity index (χ0v) is 10.8. The molecule has 3 rings (SSSR count). The maximum Gasteiger partial charge on any atom is 0.00787 e. The summed E-state index contributed by atoms with van der Waals surface area (Å²) in [6.45, 7) is 3.49. The summed E-state index contributed by atoms with van der Waals surface area (Å²) in [4.78, 5) is 0. The van der Waals surface area contributed by atoms with Gasteiger partial charge in [-0.2, -0.15) is 0 Å². The lowest BCUT2D eigenvalue weighted by molar-refractivity contribution is 0.288. The van der Waals surface area contributed by atoms with Crippen LogP contribution < -0.4 is 5.32 Å². The van der Waals surface area contributed by atoms with Crippen molar-refractivity contribution in [1.29, 1.82) is 0 Å². The molecule has 2 saturated carbocycles. The van der Waals surface area contributed by atoms with E-state index in [0.717, 1.165) is 17.9 Å². The van der Waals surface area contributed by atoms with Gasteiger partial charge in [-0.25, -0.2) is 0 Å². The first-order chi connectivity index (χ1) is 8.33. The Balaban J connectivity index is 1.42. The number of hydrogen-bond acceptors (Lipinski definition) is 1. The Morgan fingerprint density at radius 1 is 1.18 bits per heavy atom. The van der Waals surface area contributed by atoms with E-state index in [4.69, 9.17) is 0 Å². The van der Waals surface area contributed by atoms with Gasteiger partial charge in [0, 0.05) is 6.04 Å². The predicted octanol–water partition coefficient (Wildman–Crippen LogP) is 3.63. The molecule has 1 N–H and O–H groups in total. The van der Waals surface area contributed by atoms with Gasteiger partial charge in [0.15, 0.2) is 0 Å². The molecule has 2 fully saturated rings. The van der Waals surface area contributed by atoms with E-state index in [2.05, 4.69) is 36.5 Å². The summed E-state index contributed by atoms with van der Waals surface area (Å²) in [5.74, 6) is 1.88. The highest BCUT2D eigenvalue weighted by molar-refractivity contribution is 5.31. The third kappa shape index (κ3) is 2.71. The Morgan fingerprint density at radius 2 is 1.94 bits per heavy atom. The van der Waals surface area contributed by atoms with Crippen LogP contribution in [0.3, 0.4) is 0 Å². The van der Waals surface area contributed by atoms with Crippen molar-refractivity contribution in [1.82, 2.24) is 5.32 Å². The second kappa shape index (κ2) is 4.81. The number of hydrogen-bond donors (Lipinski definition) is 1. The average Bonchev–Trinajstić information content (AvgIpc) is 3.07. The zero-order valence-electron chi connectivity index (χ0n) is 10.8. The molecule has 1 heteroatoms. The minimum atomic E-state index is 0.790. The lowest BCUT2D eigenvalue weighted by Gasteiger charge is -2.37. The first kappa shape index (κ1) is 11.3. The Labute approximate surface area is 105 Å². The van der Waals surface area contributed by atoms with E-state index in [-0.39, 0.29) is 0 Å². The van der Waals surface area contributed by atoms with Gasteiger partial charge < -0.3 is 5.32 Å². The number of aryl methyl sites for hydroxylation is 1. The molecule has 2 aliphatic carbocycles. The van der Waals surface area contributed by atoms with Crippen LogP contribution in [0.25, 0.3) is 0 Å². The molecule has 0 amide bonds. The molecule has 0 atom stereocenters. The standard InChI is InChI=1S/C16H23N/c1-12-4-2-3-5-16(12)14-10-15(11-14)17-9-8-13-6-7-13/h2-5,13-15,17H,6-11H2,1H3. The minimum Gasteiger partial charge on any atom is -0.314 e. The summed E-state index contributed by atoms with van der Waals surface area (Å²) in [5.41, 5.74) is 3.04. The topological polar surface area (TPSA) is 12.0 Å². The van der Waals surface area contributed by atoms with Crippen LogP contribution in [0.2, 0.25) is 0 Å². The van der Waals surface area contributed by atoms with Crippen LogP contribution in [-0.2, 0) is 0 Å². The Kier molecular flexibility index (Phi) is 3.19. The SMILES string of the molecule is Cc1ccccc1C1CC(NCCC2CC2)C1. The molecule has 1 aromatic carbocycles. The summed E-state index contributed by atoms with van der Waals surface area (Å²) in [6.07, 6.45) is 7.06. The van der Waals surface area contributed by atoms with Crippen LogP contribution in [0, 0.1) is 12.8 Å². The maximum atomic E-state index is 3.71. The van der Waals surface area contributed by atoms with Gasteiger partial charge >= 0.3 is 0 Å². The average molecular weight is 229 g/mol. The van der Waals surface area contributed by atoms with E-state index in [1.54, 1.807) is 5.56 Å². The first-order valence-corrected chi connectivity index (χ1v) is 7.12. The fraction of sp³-hybridized carbons (Fsp3) is 0.625. The van der Waals surface area contributed by atoms with Crippen molar-refractivity contribution in [3.05, 3.63) is 35.4 Å². The Hall–Kier alpha value is -0.820. The molecule has 0 heterocycles. The summed E-state index contributed by atoms with van der Waals surface area (Å²) in [5, 5.41) is 3.71. The van der Waals surface area contributed by atoms with E-state index in [1.807, 2.05) is 0 Å². The highest BCUT2D eigenvalue weighted by atomic mass is 14.9. The van der Waals surface area contributed by atoms with Crippen molar-refractivity contribution in [2.24, 2.45) is 5.92 Å². The van der Waals surface area contributed by atoms with Gasteiger partial charge in [0.05, 0.1) is 0 Å². The molecule has 0 aromatic heterocycles. The van der Waals surface area contributed by atoms with Gasteiger partial charge in [0.1, 0.15) is 0 Å². The monoisotopic (exact) mass is 229 g/mol. The molecule has 2 aliphatic rings. The van der Waals surface area contributed by atoms with Crippen LogP contribution in [0.4, 0.5) is 0 Å². The zero-order chi connectivity index (χ0) is 11.7. The van der Waals surface area contributed by atoms with Crippen LogP contribution in [0.5, 0.6) is 0 Å². The number of rotatable bonds is 5. The van der Waals surface area contributed by atoms with E-state index in [9.17, 15) is 0 Å². The van der Waals surface area contributed by atoms with Crippen LogP contribution in [0.1, 0.15) is 49.1 Å². The normalized spacial score (nSPS) is 27.8. The summed E-state index contributed by atoms with van der Waals surface area (Å²) >= 11 is 0. The molecule has 0 aliphatic heterocycles. The number of nitrogens with one attached hydrogen (secondary N) is 1. The van der Waals surface area contributed by atoms with Crippen LogP contribution in [-0.4, -0.2) is 12.6 Å². The lowest BCUT2D eigenvalue weighted by Crippen LogP contribution is -2.40. The maximum absolute atomic E-state index is 3.71. The van der Waals surface area contributed by atoms with Crippen LogP contribution in [0.15, 0.2) is 24.3 Å². The van der Waals surface area contributed by atoms with Crippen molar-refractivity contribution in [2.45, 2.75) is 51.0 Å². The molecule has 92 valence electrons. The van der Waals surface area contributed by atoms with Gasteiger partial charge in [0.25, 0.3) is 0 Å². The van der Waals surface area contributed by atoms with Gasteiger partial charge in [-0.1, -0.05) is 37.1 Å². The third-order valence-corrected chi connectivity index (χ3v) is 4.45. The quantitative estimate of drug-likeness (QED) is 0.813. The summed E-state index contributed by atoms with van der Waals surface area (Å²) in [7, 11) is 0. The molecule has 0 unspecified atom stereocenters. The Bertz CT molecular complexity index is 375. The van der Waals surface area contributed by atoms with Gasteiger partial charge in [-0.15, -0.1) is 0 Å². The lowest BCUT2D eigenvalue weighted by atomic mass is 9.74. The highest BCUT2D eigenvalue weighted by Crippen LogP contribution is 2.38. The van der Waals surface area contributed by atoms with Gasteiger partial charge in [-0.05, 0) is 55.7 Å². The number of benzene rings is 1. The predicted molar refractivity (Wildman–Crippen MR) is 72.3 cm³/mol. The molecule has 17 heavy (non-hydrogen) atoms. The fourth-order valence-electron chi connectivity index (χ4n) is 2.98. The van der Waals surface area contributed by atoms with Crippen molar-refractivity contribution in [3.8, 4) is 0 Å². The van der Waals surface area contributed by atoms with E-state index in [0.29, 0.717) is 0 Å². The van der Waals surface area contributed by atoms with E-state index < -0.39 is 0 Å². The van der Waals surface area contributed by atoms with Gasteiger partial charge in [-0.3, -0.25) is 0 Å². The van der Waals surface area contributed by atoms with Crippen LogP contribution >= 0.6 is 0 Å². The van der Waals surface area contributed by atoms with E-state index in [1.165, 1.54) is 44.2 Å². The molecule has 1 aromatic rings. The first-order valence-electron chi connectivity index (χ1n) is 7.12. The smallest absolute Gasteiger partial charge is 0.00787 e. The third-order valence-electron chi connectivity index (χ3n) is 4.45. The fourth-order valence-corrected chi connectivity index (χ4v) is 2.98. The molecule has 0 bridgehead atoms. The van der Waals surface area contributed by atoms with Crippen molar-refractivity contribution >= 4 is 0 Å². The molecule has 0 saturated heterocycles. The van der Waals surface area contributed by atoms with Crippen molar-refractivity contribution in [2.75, 3.05) is 6.54 Å². The molecule has 1 nitrogen and oxygen atoms in total. The molecule has 0 radical (unpaired) electrons. The molecular formula is C16H23N. The van der Waals surface area contributed by atoms with Crippen molar-refractivity contribution < 1.29 is 0 Å². The minimum absolute atomic E-state index is 0.790. The van der Waals surface area contributed by atoms with E-state index >= 15 is 0 Å². The largest absolute Gasteiger partial charge is 0.314 e. The second-order valence-corrected chi connectivity index (χ2v) is 5.91. The van der Waals surface area contributed by atoms with Crippen molar-refractivity contribution in [3.63, 3.8) is 0 Å². The molecular weight excluding hydrogens is 206 g/mol. The second-order valence-electron chi connectivity index (χ2n) is 5.91. The summed E-state index contributed by atoms with van der Waals surface area (Å²) < 4.78 is 0. The highest BCUT2D eigenvalue weighted by Gasteiger charge is 2.31.